The van der Waals surface area contributed by atoms with E-state index in [-0.39, 0.29) is 24.7 Å². The molecule has 2 aromatic rings. The van der Waals surface area contributed by atoms with Gasteiger partial charge in [-0.25, -0.2) is 8.78 Å². The van der Waals surface area contributed by atoms with Crippen molar-refractivity contribution >= 4 is 0 Å². The van der Waals surface area contributed by atoms with Crippen LogP contribution in [0.1, 0.15) is 11.1 Å². The van der Waals surface area contributed by atoms with E-state index in [0.29, 0.717) is 11.1 Å². The van der Waals surface area contributed by atoms with Gasteiger partial charge in [-0.15, -0.1) is 0 Å². The normalized spacial score (nSPS) is 10.7. The van der Waals surface area contributed by atoms with Crippen LogP contribution < -0.4 is 4.74 Å². The number of methoxy groups -OCH3 is 2. The Kier molecular flexibility index (Phi) is 5.25. The monoisotopic (exact) mass is 294 g/mol. The van der Waals surface area contributed by atoms with E-state index < -0.39 is 11.6 Å². The van der Waals surface area contributed by atoms with Gasteiger partial charge in [-0.3, -0.25) is 0 Å². The Labute approximate surface area is 122 Å². The molecule has 0 saturated heterocycles. The topological polar surface area (TPSA) is 27.7 Å². The smallest absolute Gasteiger partial charge is 0.171 e. The molecule has 2 rings (SSSR count). The van der Waals surface area contributed by atoms with Crippen LogP contribution in [0, 0.1) is 11.6 Å². The standard InChI is InChI=1S/C16H16F2O3/c1-19-9-11-5-3-7-13(15(11)17)21-14-8-4-6-12(10-20-2)16(14)18/h3-8H,9-10H2,1-2H3. The predicted molar refractivity (Wildman–Crippen MR) is 74.3 cm³/mol. The molecule has 2 aromatic carbocycles. The van der Waals surface area contributed by atoms with Crippen LogP contribution in [-0.4, -0.2) is 14.2 Å². The van der Waals surface area contributed by atoms with Gasteiger partial charge in [0.05, 0.1) is 13.2 Å². The first-order valence-corrected chi connectivity index (χ1v) is 6.38. The molecule has 3 nitrogen and oxygen atoms in total. The summed E-state index contributed by atoms with van der Waals surface area (Å²) in [4.78, 5) is 0. The summed E-state index contributed by atoms with van der Waals surface area (Å²) in [6.45, 7) is 0.241. The summed E-state index contributed by atoms with van der Waals surface area (Å²) in [5, 5.41) is 0. The lowest BCUT2D eigenvalue weighted by molar-refractivity contribution is 0.180. The van der Waals surface area contributed by atoms with Gasteiger partial charge in [0, 0.05) is 25.3 Å². The molecule has 0 bridgehead atoms. The molecule has 0 fully saturated rings. The van der Waals surface area contributed by atoms with Gasteiger partial charge in [-0.05, 0) is 12.1 Å². The lowest BCUT2D eigenvalue weighted by atomic mass is 10.2. The van der Waals surface area contributed by atoms with E-state index in [4.69, 9.17) is 14.2 Å². The van der Waals surface area contributed by atoms with E-state index in [9.17, 15) is 8.78 Å². The molecule has 0 aliphatic rings. The van der Waals surface area contributed by atoms with E-state index in [1.54, 1.807) is 24.3 Å². The average molecular weight is 294 g/mol. The predicted octanol–water partition coefficient (Wildman–Crippen LogP) is 4.05. The SMILES string of the molecule is COCc1cccc(Oc2cccc(COC)c2F)c1F. The zero-order chi connectivity index (χ0) is 15.2. The van der Waals surface area contributed by atoms with Gasteiger partial charge < -0.3 is 14.2 Å². The largest absolute Gasteiger partial charge is 0.451 e. The molecule has 0 spiro atoms. The maximum atomic E-state index is 14.2. The third-order valence-electron chi connectivity index (χ3n) is 2.91. The van der Waals surface area contributed by atoms with Crippen molar-refractivity contribution in [3.8, 4) is 11.5 Å². The first-order chi connectivity index (χ1) is 10.2. The quantitative estimate of drug-likeness (QED) is 0.804. The van der Waals surface area contributed by atoms with Gasteiger partial charge in [-0.2, -0.15) is 0 Å². The third kappa shape index (κ3) is 3.56. The third-order valence-corrected chi connectivity index (χ3v) is 2.91. The van der Waals surface area contributed by atoms with Gasteiger partial charge in [0.2, 0.25) is 0 Å². The van der Waals surface area contributed by atoms with Gasteiger partial charge in [-0.1, -0.05) is 24.3 Å². The molecule has 5 heteroatoms. The molecule has 0 heterocycles. The molecule has 0 aromatic heterocycles. The van der Waals surface area contributed by atoms with Crippen molar-refractivity contribution in [3.63, 3.8) is 0 Å². The van der Waals surface area contributed by atoms with Gasteiger partial charge in [0.1, 0.15) is 0 Å². The molecular weight excluding hydrogens is 278 g/mol. The Hall–Kier alpha value is -1.98. The van der Waals surface area contributed by atoms with Crippen molar-refractivity contribution in [3.05, 3.63) is 59.2 Å². The van der Waals surface area contributed by atoms with Crippen LogP contribution in [0.15, 0.2) is 36.4 Å². The van der Waals surface area contributed by atoms with E-state index in [1.807, 2.05) is 0 Å². The first kappa shape index (κ1) is 15.4. The highest BCUT2D eigenvalue weighted by molar-refractivity contribution is 5.38. The van der Waals surface area contributed by atoms with E-state index in [2.05, 4.69) is 0 Å². The molecule has 112 valence electrons. The van der Waals surface area contributed by atoms with Gasteiger partial charge in [0.25, 0.3) is 0 Å². The second kappa shape index (κ2) is 7.15. The highest BCUT2D eigenvalue weighted by Crippen LogP contribution is 2.30. The minimum Gasteiger partial charge on any atom is -0.451 e. The van der Waals surface area contributed by atoms with Crippen LogP contribution in [0.4, 0.5) is 8.78 Å². The van der Waals surface area contributed by atoms with E-state index in [0.717, 1.165) is 0 Å². The summed E-state index contributed by atoms with van der Waals surface area (Å²) in [6.07, 6.45) is 0. The fourth-order valence-corrected chi connectivity index (χ4v) is 1.92. The first-order valence-electron chi connectivity index (χ1n) is 6.38. The van der Waals surface area contributed by atoms with Gasteiger partial charge in [0.15, 0.2) is 23.1 Å². The van der Waals surface area contributed by atoms with E-state index >= 15 is 0 Å². The van der Waals surface area contributed by atoms with Crippen LogP contribution in [0.3, 0.4) is 0 Å². The summed E-state index contributed by atoms with van der Waals surface area (Å²) in [5.74, 6) is -1.21. The fraction of sp³-hybridized carbons (Fsp3) is 0.250. The molecule has 0 amide bonds. The number of hydrogen-bond donors (Lipinski definition) is 0. The van der Waals surface area contributed by atoms with Crippen molar-refractivity contribution in [2.24, 2.45) is 0 Å². The molecule has 0 N–H and O–H groups in total. The summed E-state index contributed by atoms with van der Waals surface area (Å²) in [7, 11) is 2.95. The van der Waals surface area contributed by atoms with Crippen molar-refractivity contribution in [1.82, 2.24) is 0 Å². The lowest BCUT2D eigenvalue weighted by Gasteiger charge is -2.12. The molecule has 0 aliphatic carbocycles. The van der Waals surface area contributed by atoms with Crippen molar-refractivity contribution in [2.45, 2.75) is 13.2 Å². The second-order valence-electron chi connectivity index (χ2n) is 4.43. The summed E-state index contributed by atoms with van der Waals surface area (Å²) in [6, 6.07) is 9.31. The highest BCUT2D eigenvalue weighted by Gasteiger charge is 2.14. The van der Waals surface area contributed by atoms with Crippen LogP contribution in [0.25, 0.3) is 0 Å². The van der Waals surface area contributed by atoms with Crippen LogP contribution in [0.5, 0.6) is 11.5 Å². The van der Waals surface area contributed by atoms with Crippen molar-refractivity contribution in [1.29, 1.82) is 0 Å². The average Bonchev–Trinajstić information content (AvgIpc) is 2.48. The molecule has 0 radical (unpaired) electrons. The van der Waals surface area contributed by atoms with Crippen LogP contribution >= 0.6 is 0 Å². The Morgan fingerprint density at radius 1 is 0.762 bits per heavy atom. The number of ether oxygens (including phenoxy) is 3. The highest BCUT2D eigenvalue weighted by atomic mass is 19.1. The summed E-state index contributed by atoms with van der Waals surface area (Å²) >= 11 is 0. The number of benzene rings is 2. The lowest BCUT2D eigenvalue weighted by Crippen LogP contribution is -1.99. The minimum atomic E-state index is -0.559. The summed E-state index contributed by atoms with van der Waals surface area (Å²) < 4.78 is 43.5. The fourth-order valence-electron chi connectivity index (χ4n) is 1.92. The molecule has 0 aliphatic heterocycles. The number of halogens is 2. The second-order valence-corrected chi connectivity index (χ2v) is 4.43. The Bertz CT molecular complexity index is 561. The number of rotatable bonds is 6. The zero-order valence-electron chi connectivity index (χ0n) is 11.9. The number of hydrogen-bond acceptors (Lipinski definition) is 3. The van der Waals surface area contributed by atoms with Gasteiger partial charge >= 0.3 is 0 Å². The Balaban J connectivity index is 2.30. The Morgan fingerprint density at radius 3 is 1.57 bits per heavy atom. The minimum absolute atomic E-state index is 0.0435. The molecule has 0 atom stereocenters. The summed E-state index contributed by atoms with van der Waals surface area (Å²) in [5.41, 5.74) is 0.701. The maximum Gasteiger partial charge on any atom is 0.171 e. The van der Waals surface area contributed by atoms with Crippen LogP contribution in [-0.2, 0) is 22.7 Å². The van der Waals surface area contributed by atoms with Crippen molar-refractivity contribution in [2.75, 3.05) is 14.2 Å². The molecule has 0 saturated carbocycles. The molecular formula is C16H16F2O3. The maximum absolute atomic E-state index is 14.2. The van der Waals surface area contributed by atoms with Crippen LogP contribution in [0.2, 0.25) is 0 Å². The van der Waals surface area contributed by atoms with E-state index in [1.165, 1.54) is 26.4 Å². The zero-order valence-corrected chi connectivity index (χ0v) is 11.9. The van der Waals surface area contributed by atoms with Crippen molar-refractivity contribution < 1.29 is 23.0 Å². The molecule has 21 heavy (non-hydrogen) atoms. The Morgan fingerprint density at radius 2 is 1.19 bits per heavy atom. The molecule has 0 unspecified atom stereocenters.